The van der Waals surface area contributed by atoms with E-state index in [0.29, 0.717) is 22.4 Å². The van der Waals surface area contributed by atoms with Crippen LogP contribution < -0.4 is 15.4 Å². The lowest BCUT2D eigenvalue weighted by atomic mass is 10.0. The molecule has 1 aromatic rings. The highest BCUT2D eigenvalue weighted by atomic mass is 16.5. The molecule has 6 heteroatoms. The van der Waals surface area contributed by atoms with E-state index in [9.17, 15) is 4.79 Å². The normalized spacial score (nSPS) is 25.7. The highest BCUT2D eigenvalue weighted by Gasteiger charge is 2.57. The Labute approximate surface area is 149 Å². The monoisotopic (exact) mass is 347 g/mol. The van der Waals surface area contributed by atoms with Gasteiger partial charge in [-0.15, -0.1) is 0 Å². The first kappa shape index (κ1) is 17.9. The summed E-state index contributed by atoms with van der Waals surface area (Å²) in [7, 11) is 5.24. The molecule has 2 heterocycles. The van der Waals surface area contributed by atoms with Crippen LogP contribution in [-0.4, -0.2) is 50.9 Å². The van der Waals surface area contributed by atoms with Gasteiger partial charge in [-0.3, -0.25) is 4.79 Å². The minimum atomic E-state index is -0.159. The second-order valence-corrected chi connectivity index (χ2v) is 7.05. The molecule has 2 aliphatic heterocycles. The van der Waals surface area contributed by atoms with Crippen LogP contribution in [0.1, 0.15) is 43.5 Å². The first-order valence-electron chi connectivity index (χ1n) is 9.04. The molecular formula is C19H29N3O3. The maximum atomic E-state index is 13.2. The summed E-state index contributed by atoms with van der Waals surface area (Å²) in [5.41, 5.74) is 8.35. The number of nitrogens with two attached hydrogens (primary N) is 1. The van der Waals surface area contributed by atoms with Crippen molar-refractivity contribution in [3.8, 4) is 5.75 Å². The molecule has 1 saturated carbocycles. The molecular weight excluding hydrogens is 318 g/mol. The van der Waals surface area contributed by atoms with Crippen molar-refractivity contribution in [1.29, 1.82) is 0 Å². The van der Waals surface area contributed by atoms with Crippen LogP contribution in [0, 0.1) is 5.41 Å². The molecule has 1 amide bonds. The molecule has 6 nitrogen and oxygen atoms in total. The molecule has 0 bridgehead atoms. The van der Waals surface area contributed by atoms with Crippen LogP contribution >= 0.6 is 0 Å². The Bertz CT molecular complexity index is 672. The second kappa shape index (κ2) is 6.41. The van der Waals surface area contributed by atoms with Crippen LogP contribution in [0.15, 0.2) is 12.1 Å². The summed E-state index contributed by atoms with van der Waals surface area (Å²) in [6.07, 6.45) is 3.28. The van der Waals surface area contributed by atoms with Gasteiger partial charge in [0.1, 0.15) is 12.0 Å². The molecule has 1 saturated heterocycles. The van der Waals surface area contributed by atoms with Gasteiger partial charge in [0.2, 0.25) is 0 Å². The Balaban J connectivity index is 0.000000880. The SMILES string of the molecule is CC.COc1cc2c(cc1N)N(C)C(OC)C1CC3(CC3)CN1C2=O. The molecule has 1 spiro atoms. The minimum absolute atomic E-state index is 0.0541. The molecule has 3 aliphatic rings. The van der Waals surface area contributed by atoms with E-state index in [1.54, 1.807) is 20.3 Å². The number of benzene rings is 1. The smallest absolute Gasteiger partial charge is 0.256 e. The number of methoxy groups -OCH3 is 2. The maximum Gasteiger partial charge on any atom is 0.256 e. The molecule has 138 valence electrons. The Hall–Kier alpha value is -1.95. The van der Waals surface area contributed by atoms with Gasteiger partial charge in [-0.1, -0.05) is 13.8 Å². The number of carbonyl (C=O) groups excluding carboxylic acids is 1. The Morgan fingerprint density at radius 1 is 1.24 bits per heavy atom. The summed E-state index contributed by atoms with van der Waals surface area (Å²) < 4.78 is 11.1. The fourth-order valence-corrected chi connectivity index (χ4v) is 4.20. The van der Waals surface area contributed by atoms with Crippen molar-refractivity contribution in [2.45, 2.75) is 45.4 Å². The number of hydrogen-bond donors (Lipinski definition) is 1. The number of carbonyl (C=O) groups is 1. The highest BCUT2D eigenvalue weighted by molar-refractivity contribution is 6.02. The standard InChI is InChI=1S/C17H23N3O3.C2H6/c1-19-12-7-11(18)14(22-2)6-10(12)15(21)20-9-17(4-5-17)8-13(20)16(19)23-3;1-2/h6-7,13,16H,4-5,8-9,18H2,1-3H3;1-2H3. The Morgan fingerprint density at radius 3 is 2.48 bits per heavy atom. The molecule has 1 aliphatic carbocycles. The molecule has 2 atom stereocenters. The molecule has 1 aromatic carbocycles. The summed E-state index contributed by atoms with van der Waals surface area (Å²) >= 11 is 0. The van der Waals surface area contributed by atoms with Crippen molar-refractivity contribution in [1.82, 2.24) is 4.90 Å². The first-order valence-corrected chi connectivity index (χ1v) is 9.04. The molecule has 2 fully saturated rings. The number of amides is 1. The predicted molar refractivity (Wildman–Crippen MR) is 99.1 cm³/mol. The molecule has 2 N–H and O–H groups in total. The van der Waals surface area contributed by atoms with Gasteiger partial charge in [-0.05, 0) is 36.8 Å². The summed E-state index contributed by atoms with van der Waals surface area (Å²) in [5.74, 6) is 0.594. The lowest BCUT2D eigenvalue weighted by Crippen LogP contribution is -2.48. The quantitative estimate of drug-likeness (QED) is 0.833. The number of anilines is 2. The highest BCUT2D eigenvalue weighted by Crippen LogP contribution is 2.56. The van der Waals surface area contributed by atoms with Crippen LogP contribution in [0.4, 0.5) is 11.4 Å². The molecule has 4 rings (SSSR count). The van der Waals surface area contributed by atoms with E-state index in [-0.39, 0.29) is 18.2 Å². The Morgan fingerprint density at radius 2 is 1.92 bits per heavy atom. The fraction of sp³-hybridized carbons (Fsp3) is 0.632. The number of ether oxygens (including phenoxy) is 2. The summed E-state index contributed by atoms with van der Waals surface area (Å²) in [6.45, 7) is 4.83. The topological polar surface area (TPSA) is 68.0 Å². The van der Waals surface area contributed by atoms with Gasteiger partial charge in [0.05, 0.1) is 30.1 Å². The van der Waals surface area contributed by atoms with Crippen molar-refractivity contribution in [2.75, 3.05) is 38.4 Å². The van der Waals surface area contributed by atoms with Gasteiger partial charge in [0.15, 0.2) is 0 Å². The van der Waals surface area contributed by atoms with Gasteiger partial charge in [-0.25, -0.2) is 0 Å². The molecule has 0 radical (unpaired) electrons. The van der Waals surface area contributed by atoms with E-state index in [1.165, 1.54) is 12.8 Å². The summed E-state index contributed by atoms with van der Waals surface area (Å²) in [5, 5.41) is 0. The lowest BCUT2D eigenvalue weighted by molar-refractivity contribution is 0.0312. The zero-order chi connectivity index (χ0) is 18.4. The van der Waals surface area contributed by atoms with Crippen molar-refractivity contribution in [2.24, 2.45) is 5.41 Å². The van der Waals surface area contributed by atoms with E-state index < -0.39 is 0 Å². The third kappa shape index (κ3) is 2.72. The number of fused-ring (bicyclic) bond motifs is 2. The predicted octanol–water partition coefficient (Wildman–Crippen LogP) is 2.72. The molecule has 25 heavy (non-hydrogen) atoms. The van der Waals surface area contributed by atoms with Crippen LogP contribution in [0.3, 0.4) is 0 Å². The van der Waals surface area contributed by atoms with Crippen molar-refractivity contribution < 1.29 is 14.3 Å². The number of hydrogen-bond acceptors (Lipinski definition) is 5. The fourth-order valence-electron chi connectivity index (χ4n) is 4.20. The Kier molecular flexibility index (Phi) is 4.58. The van der Waals surface area contributed by atoms with Crippen LogP contribution in [0.25, 0.3) is 0 Å². The lowest BCUT2D eigenvalue weighted by Gasteiger charge is -2.33. The van der Waals surface area contributed by atoms with Crippen molar-refractivity contribution in [3.05, 3.63) is 17.7 Å². The van der Waals surface area contributed by atoms with Crippen LogP contribution in [0.5, 0.6) is 5.75 Å². The zero-order valence-corrected chi connectivity index (χ0v) is 15.8. The van der Waals surface area contributed by atoms with E-state index in [0.717, 1.165) is 18.7 Å². The minimum Gasteiger partial charge on any atom is -0.495 e. The van der Waals surface area contributed by atoms with Crippen LogP contribution in [0.2, 0.25) is 0 Å². The maximum absolute atomic E-state index is 13.2. The summed E-state index contributed by atoms with van der Waals surface area (Å²) in [6, 6.07) is 3.66. The molecule has 0 aromatic heterocycles. The average molecular weight is 347 g/mol. The van der Waals surface area contributed by atoms with Crippen molar-refractivity contribution >= 4 is 17.3 Å². The van der Waals surface area contributed by atoms with Gasteiger partial charge in [0, 0.05) is 20.7 Å². The molecule has 2 unspecified atom stereocenters. The van der Waals surface area contributed by atoms with Gasteiger partial charge in [0.25, 0.3) is 5.91 Å². The van der Waals surface area contributed by atoms with Gasteiger partial charge >= 0.3 is 0 Å². The van der Waals surface area contributed by atoms with E-state index in [2.05, 4.69) is 0 Å². The number of likely N-dealkylation sites (N-methyl/N-ethyl adjacent to an activating group) is 1. The zero-order valence-electron chi connectivity index (χ0n) is 15.8. The van der Waals surface area contributed by atoms with E-state index in [1.807, 2.05) is 36.8 Å². The number of rotatable bonds is 2. The third-order valence-electron chi connectivity index (χ3n) is 5.68. The van der Waals surface area contributed by atoms with Crippen molar-refractivity contribution in [3.63, 3.8) is 0 Å². The number of nitrogens with zero attached hydrogens (tertiary/aromatic N) is 2. The summed E-state index contributed by atoms with van der Waals surface area (Å²) in [4.78, 5) is 17.2. The third-order valence-corrected chi connectivity index (χ3v) is 5.68. The van der Waals surface area contributed by atoms with Gasteiger partial charge < -0.3 is 25.0 Å². The number of nitrogen functional groups attached to an aromatic ring is 1. The van der Waals surface area contributed by atoms with Gasteiger partial charge in [-0.2, -0.15) is 0 Å². The van der Waals surface area contributed by atoms with E-state index >= 15 is 0 Å². The second-order valence-electron chi connectivity index (χ2n) is 7.05. The largest absolute Gasteiger partial charge is 0.495 e. The average Bonchev–Trinajstić information content (AvgIpc) is 3.29. The van der Waals surface area contributed by atoms with Crippen LogP contribution in [-0.2, 0) is 4.74 Å². The van der Waals surface area contributed by atoms with E-state index in [4.69, 9.17) is 15.2 Å². The first-order chi connectivity index (χ1) is 12.0.